The molecule has 7 heteroatoms. The van der Waals surface area contributed by atoms with Gasteiger partial charge in [0, 0.05) is 18.7 Å². The van der Waals surface area contributed by atoms with Gasteiger partial charge in [0.05, 0.1) is 5.56 Å². The van der Waals surface area contributed by atoms with Crippen LogP contribution in [0.4, 0.5) is 0 Å². The quantitative estimate of drug-likeness (QED) is 0.800. The second kappa shape index (κ2) is 6.82. The van der Waals surface area contributed by atoms with Crippen LogP contribution in [0.15, 0.2) is 28.8 Å². The highest BCUT2D eigenvalue weighted by molar-refractivity contribution is 5.92. The van der Waals surface area contributed by atoms with Gasteiger partial charge in [0.1, 0.15) is 0 Å². The Hall–Kier alpha value is -2.70. The number of aryl methyl sites for hydroxylation is 1. The van der Waals surface area contributed by atoms with Crippen molar-refractivity contribution >= 4 is 11.9 Å². The van der Waals surface area contributed by atoms with Crippen LogP contribution in [0.2, 0.25) is 0 Å². The van der Waals surface area contributed by atoms with Gasteiger partial charge >= 0.3 is 5.97 Å². The Balaban J connectivity index is 1.63. The normalized spacial score (nSPS) is 15.3. The fraction of sp³-hybridized carbons (Fsp3) is 0.412. The first kappa shape index (κ1) is 16.2. The highest BCUT2D eigenvalue weighted by Crippen LogP contribution is 2.18. The van der Waals surface area contributed by atoms with Crippen molar-refractivity contribution in [2.75, 3.05) is 13.1 Å². The summed E-state index contributed by atoms with van der Waals surface area (Å²) in [6, 6.07) is 6.64. The number of carbonyl (C=O) groups is 2. The van der Waals surface area contributed by atoms with Gasteiger partial charge in [-0.25, -0.2) is 4.79 Å². The van der Waals surface area contributed by atoms with Crippen molar-refractivity contribution in [3.63, 3.8) is 0 Å². The molecule has 1 aliphatic heterocycles. The molecule has 1 amide bonds. The number of likely N-dealkylation sites (tertiary alicyclic amines) is 1. The van der Waals surface area contributed by atoms with E-state index in [1.807, 2.05) is 0 Å². The molecular weight excluding hydrogens is 310 g/mol. The second-order valence-electron chi connectivity index (χ2n) is 5.80. The van der Waals surface area contributed by atoms with Crippen LogP contribution in [0.25, 0.3) is 11.5 Å². The van der Waals surface area contributed by atoms with Crippen molar-refractivity contribution in [2.24, 2.45) is 0 Å². The standard InChI is InChI=1S/C17H19N3O4/c1-11(16(21)20-9-3-4-10-20)23-17(22)14-7-5-13(6-8-14)15-18-12(2)19-24-15/h5-8,11H,3-4,9-10H2,1-2H3. The molecule has 0 radical (unpaired) electrons. The predicted octanol–water partition coefficient (Wildman–Crippen LogP) is 2.21. The van der Waals surface area contributed by atoms with Crippen LogP contribution in [0.5, 0.6) is 0 Å². The van der Waals surface area contributed by atoms with Crippen LogP contribution >= 0.6 is 0 Å². The summed E-state index contributed by atoms with van der Waals surface area (Å²) in [5.74, 6) is 0.273. The summed E-state index contributed by atoms with van der Waals surface area (Å²) in [5.41, 5.74) is 1.09. The van der Waals surface area contributed by atoms with Gasteiger partial charge in [0.25, 0.3) is 11.8 Å². The Morgan fingerprint density at radius 2 is 1.88 bits per heavy atom. The van der Waals surface area contributed by atoms with Gasteiger partial charge < -0.3 is 14.2 Å². The molecule has 0 bridgehead atoms. The third-order valence-corrected chi connectivity index (χ3v) is 3.94. The predicted molar refractivity (Wildman–Crippen MR) is 85.2 cm³/mol. The van der Waals surface area contributed by atoms with Crippen LogP contribution in [0.1, 0.15) is 35.9 Å². The van der Waals surface area contributed by atoms with E-state index in [1.54, 1.807) is 43.0 Å². The maximum absolute atomic E-state index is 12.2. The average Bonchev–Trinajstić information content (AvgIpc) is 3.25. The lowest BCUT2D eigenvalue weighted by molar-refractivity contribution is -0.138. The monoisotopic (exact) mass is 329 g/mol. The number of nitrogens with zero attached hydrogens (tertiary/aromatic N) is 3. The smallest absolute Gasteiger partial charge is 0.338 e. The molecule has 1 fully saturated rings. The molecule has 1 unspecified atom stereocenters. The Morgan fingerprint density at radius 3 is 2.46 bits per heavy atom. The molecular formula is C17H19N3O4. The molecule has 1 atom stereocenters. The highest BCUT2D eigenvalue weighted by atomic mass is 16.5. The summed E-state index contributed by atoms with van der Waals surface area (Å²) in [4.78, 5) is 30.2. The number of benzene rings is 1. The van der Waals surface area contributed by atoms with E-state index in [4.69, 9.17) is 9.26 Å². The van der Waals surface area contributed by atoms with Crippen molar-refractivity contribution in [1.82, 2.24) is 15.0 Å². The molecule has 1 saturated heterocycles. The molecule has 0 N–H and O–H groups in total. The number of ether oxygens (including phenoxy) is 1. The first-order valence-electron chi connectivity index (χ1n) is 7.95. The summed E-state index contributed by atoms with van der Waals surface area (Å²) < 4.78 is 10.4. The molecule has 3 rings (SSSR count). The Kier molecular flexibility index (Phi) is 4.59. The van der Waals surface area contributed by atoms with Gasteiger partial charge in [0.2, 0.25) is 0 Å². The fourth-order valence-corrected chi connectivity index (χ4v) is 2.64. The molecule has 1 aromatic heterocycles. The molecule has 126 valence electrons. The van der Waals surface area contributed by atoms with Crippen LogP contribution in [-0.4, -0.2) is 46.1 Å². The Bertz CT molecular complexity index is 733. The molecule has 0 saturated carbocycles. The van der Waals surface area contributed by atoms with Gasteiger partial charge in [0.15, 0.2) is 11.9 Å². The third kappa shape index (κ3) is 3.45. The Morgan fingerprint density at radius 1 is 1.21 bits per heavy atom. The molecule has 0 aliphatic carbocycles. The molecule has 7 nitrogen and oxygen atoms in total. The number of hydrogen-bond acceptors (Lipinski definition) is 6. The van der Waals surface area contributed by atoms with E-state index in [9.17, 15) is 9.59 Å². The third-order valence-electron chi connectivity index (χ3n) is 3.94. The van der Waals surface area contributed by atoms with Crippen molar-refractivity contribution in [2.45, 2.75) is 32.8 Å². The van der Waals surface area contributed by atoms with Crippen molar-refractivity contribution in [3.8, 4) is 11.5 Å². The molecule has 2 heterocycles. The second-order valence-corrected chi connectivity index (χ2v) is 5.80. The maximum Gasteiger partial charge on any atom is 0.338 e. The lowest BCUT2D eigenvalue weighted by Gasteiger charge is -2.20. The lowest BCUT2D eigenvalue weighted by Crippen LogP contribution is -2.38. The van der Waals surface area contributed by atoms with Gasteiger partial charge in [-0.1, -0.05) is 5.16 Å². The summed E-state index contributed by atoms with van der Waals surface area (Å²) in [7, 11) is 0. The average molecular weight is 329 g/mol. The summed E-state index contributed by atoms with van der Waals surface area (Å²) in [6.07, 6.45) is 1.22. The Labute approximate surface area is 139 Å². The summed E-state index contributed by atoms with van der Waals surface area (Å²) >= 11 is 0. The number of hydrogen-bond donors (Lipinski definition) is 0. The molecule has 1 aliphatic rings. The minimum absolute atomic E-state index is 0.140. The van der Waals surface area contributed by atoms with E-state index in [0.29, 0.717) is 22.8 Å². The lowest BCUT2D eigenvalue weighted by atomic mass is 10.1. The van der Waals surface area contributed by atoms with Crippen molar-refractivity contribution < 1.29 is 18.8 Å². The highest BCUT2D eigenvalue weighted by Gasteiger charge is 2.26. The van der Waals surface area contributed by atoms with E-state index in [0.717, 1.165) is 25.9 Å². The van der Waals surface area contributed by atoms with Crippen molar-refractivity contribution in [3.05, 3.63) is 35.7 Å². The van der Waals surface area contributed by atoms with E-state index in [1.165, 1.54) is 0 Å². The number of amides is 1. The summed E-state index contributed by atoms with van der Waals surface area (Å²) in [5, 5.41) is 3.73. The number of aromatic nitrogens is 2. The van der Waals surface area contributed by atoms with Gasteiger partial charge in [-0.3, -0.25) is 4.79 Å². The number of rotatable bonds is 4. The zero-order chi connectivity index (χ0) is 17.1. The minimum Gasteiger partial charge on any atom is -0.449 e. The molecule has 0 spiro atoms. The number of carbonyl (C=O) groups excluding carboxylic acids is 2. The van der Waals surface area contributed by atoms with Gasteiger partial charge in [-0.15, -0.1) is 0 Å². The molecule has 2 aromatic rings. The summed E-state index contributed by atoms with van der Waals surface area (Å²) in [6.45, 7) is 4.81. The van der Waals surface area contributed by atoms with Crippen LogP contribution < -0.4 is 0 Å². The van der Waals surface area contributed by atoms with Crippen LogP contribution in [0.3, 0.4) is 0 Å². The largest absolute Gasteiger partial charge is 0.449 e. The van der Waals surface area contributed by atoms with Gasteiger partial charge in [-0.05, 0) is 51.0 Å². The molecule has 24 heavy (non-hydrogen) atoms. The minimum atomic E-state index is -0.783. The zero-order valence-corrected chi connectivity index (χ0v) is 13.7. The maximum atomic E-state index is 12.2. The fourth-order valence-electron chi connectivity index (χ4n) is 2.64. The number of esters is 1. The SMILES string of the molecule is Cc1noc(-c2ccc(C(=O)OC(C)C(=O)N3CCCC3)cc2)n1. The topological polar surface area (TPSA) is 85.5 Å². The van der Waals surface area contributed by atoms with E-state index >= 15 is 0 Å². The first-order valence-corrected chi connectivity index (χ1v) is 7.95. The van der Waals surface area contributed by atoms with E-state index < -0.39 is 12.1 Å². The zero-order valence-electron chi connectivity index (χ0n) is 13.7. The van der Waals surface area contributed by atoms with E-state index in [-0.39, 0.29) is 5.91 Å². The van der Waals surface area contributed by atoms with Crippen molar-refractivity contribution in [1.29, 1.82) is 0 Å². The van der Waals surface area contributed by atoms with Crippen LogP contribution in [0, 0.1) is 6.92 Å². The molecule has 1 aromatic carbocycles. The first-order chi connectivity index (χ1) is 11.5. The van der Waals surface area contributed by atoms with E-state index in [2.05, 4.69) is 10.1 Å². The van der Waals surface area contributed by atoms with Gasteiger partial charge in [-0.2, -0.15) is 4.98 Å². The van der Waals surface area contributed by atoms with Crippen LogP contribution in [-0.2, 0) is 9.53 Å².